The van der Waals surface area contributed by atoms with Gasteiger partial charge in [-0.2, -0.15) is 18.3 Å². The number of methoxy groups -OCH3 is 2. The molecule has 0 bridgehead atoms. The van der Waals surface area contributed by atoms with Crippen LogP contribution >= 0.6 is 0 Å². The van der Waals surface area contributed by atoms with Gasteiger partial charge in [-0.05, 0) is 17.7 Å². The molecule has 3 rings (SSSR count). The maximum atomic E-state index is 13.5. The van der Waals surface area contributed by atoms with Gasteiger partial charge in [0.25, 0.3) is 5.91 Å². The number of alkyl halides is 3. The summed E-state index contributed by atoms with van der Waals surface area (Å²) in [4.78, 5) is 11.5. The van der Waals surface area contributed by atoms with Crippen LogP contribution in [0, 0.1) is 0 Å². The van der Waals surface area contributed by atoms with Crippen molar-refractivity contribution in [3.8, 4) is 11.5 Å². The zero-order valence-electron chi connectivity index (χ0n) is 14.0. The Morgan fingerprint density at radius 3 is 2.58 bits per heavy atom. The number of fused-ring (bicyclic) bond motifs is 1. The second-order valence-corrected chi connectivity index (χ2v) is 5.82. The smallest absolute Gasteiger partial charge is 0.410 e. The Morgan fingerprint density at radius 2 is 2.00 bits per heavy atom. The Balaban J connectivity index is 2.05. The Bertz CT molecular complexity index is 835. The largest absolute Gasteiger partial charge is 0.493 e. The number of hydrogen-bond acceptors (Lipinski definition) is 5. The fourth-order valence-electron chi connectivity index (χ4n) is 3.03. The first kappa shape index (κ1) is 17.9. The lowest BCUT2D eigenvalue weighted by Gasteiger charge is -2.34. The molecule has 1 aromatic carbocycles. The Kier molecular flexibility index (Phi) is 4.43. The molecule has 10 heteroatoms. The summed E-state index contributed by atoms with van der Waals surface area (Å²) in [5.41, 5.74) is 5.72. The fourth-order valence-corrected chi connectivity index (χ4v) is 3.03. The van der Waals surface area contributed by atoms with Crippen molar-refractivity contribution in [1.82, 2.24) is 9.78 Å². The Hall–Kier alpha value is -2.91. The van der Waals surface area contributed by atoms with Crippen molar-refractivity contribution in [2.45, 2.75) is 24.7 Å². The number of nitrogens with two attached hydrogens (primary N) is 1. The third kappa shape index (κ3) is 3.02. The highest BCUT2D eigenvalue weighted by Gasteiger charge is 2.47. The first-order valence-electron chi connectivity index (χ1n) is 7.68. The Labute approximate surface area is 146 Å². The number of amides is 1. The number of anilines is 1. The predicted octanol–water partition coefficient (Wildman–Crippen LogP) is 2.66. The number of primary amides is 1. The van der Waals surface area contributed by atoms with E-state index in [1.807, 2.05) is 0 Å². The molecule has 0 aliphatic carbocycles. The van der Waals surface area contributed by atoms with E-state index in [1.54, 1.807) is 18.2 Å². The predicted molar refractivity (Wildman–Crippen MR) is 86.4 cm³/mol. The summed E-state index contributed by atoms with van der Waals surface area (Å²) in [6.45, 7) is 0. The second kappa shape index (κ2) is 6.43. The van der Waals surface area contributed by atoms with Gasteiger partial charge in [0.15, 0.2) is 17.5 Å². The third-order valence-corrected chi connectivity index (χ3v) is 4.31. The summed E-state index contributed by atoms with van der Waals surface area (Å²) < 4.78 is 51.7. The molecule has 0 fully saturated rings. The average molecular weight is 370 g/mol. The Morgan fingerprint density at radius 1 is 1.31 bits per heavy atom. The number of nitrogens with zero attached hydrogens (tertiary/aromatic N) is 2. The van der Waals surface area contributed by atoms with E-state index in [9.17, 15) is 18.0 Å². The summed E-state index contributed by atoms with van der Waals surface area (Å²) in [7, 11) is 2.91. The van der Waals surface area contributed by atoms with E-state index in [-0.39, 0.29) is 17.8 Å². The molecule has 0 radical (unpaired) electrons. The number of nitrogens with one attached hydrogen (secondary N) is 1. The van der Waals surface area contributed by atoms with Crippen LogP contribution in [-0.4, -0.2) is 36.1 Å². The van der Waals surface area contributed by atoms with Gasteiger partial charge in [-0.15, -0.1) is 0 Å². The highest BCUT2D eigenvalue weighted by atomic mass is 19.4. The quantitative estimate of drug-likeness (QED) is 0.863. The number of hydrogen-bond donors (Lipinski definition) is 2. The van der Waals surface area contributed by atoms with Gasteiger partial charge in [0.2, 0.25) is 0 Å². The van der Waals surface area contributed by atoms with Crippen LogP contribution in [0.3, 0.4) is 0 Å². The zero-order chi connectivity index (χ0) is 19.1. The van der Waals surface area contributed by atoms with Gasteiger partial charge in [-0.25, -0.2) is 4.68 Å². The number of benzene rings is 1. The summed E-state index contributed by atoms with van der Waals surface area (Å²) in [6.07, 6.45) is -3.79. The number of rotatable bonds is 4. The molecular formula is C16H17F3N4O3. The van der Waals surface area contributed by atoms with Crippen LogP contribution in [0.5, 0.6) is 11.5 Å². The van der Waals surface area contributed by atoms with Crippen molar-refractivity contribution in [2.24, 2.45) is 5.73 Å². The SMILES string of the molecule is COc1ccc(C2CC(C(F)(F)F)n3ncc(C(N)=O)c3N2)cc1OC. The monoisotopic (exact) mass is 370 g/mol. The van der Waals surface area contributed by atoms with E-state index in [1.165, 1.54) is 14.2 Å². The average Bonchev–Trinajstić information content (AvgIpc) is 3.03. The van der Waals surface area contributed by atoms with Crippen molar-refractivity contribution < 1.29 is 27.4 Å². The summed E-state index contributed by atoms with van der Waals surface area (Å²) in [5.74, 6) is -0.0506. The topological polar surface area (TPSA) is 91.4 Å². The van der Waals surface area contributed by atoms with Crippen LogP contribution in [0.15, 0.2) is 24.4 Å². The van der Waals surface area contributed by atoms with Crippen molar-refractivity contribution in [1.29, 1.82) is 0 Å². The summed E-state index contributed by atoms with van der Waals surface area (Å²) in [6, 6.07) is 2.25. The first-order valence-corrected chi connectivity index (χ1v) is 7.68. The lowest BCUT2D eigenvalue weighted by Crippen LogP contribution is -2.36. The maximum absolute atomic E-state index is 13.5. The van der Waals surface area contributed by atoms with E-state index in [4.69, 9.17) is 15.2 Å². The lowest BCUT2D eigenvalue weighted by atomic mass is 9.96. The van der Waals surface area contributed by atoms with Gasteiger partial charge in [-0.3, -0.25) is 4.79 Å². The van der Waals surface area contributed by atoms with Crippen molar-refractivity contribution in [3.05, 3.63) is 35.5 Å². The molecule has 0 saturated heterocycles. The first-order chi connectivity index (χ1) is 12.3. The van der Waals surface area contributed by atoms with Gasteiger partial charge >= 0.3 is 6.18 Å². The van der Waals surface area contributed by atoms with Gasteiger partial charge < -0.3 is 20.5 Å². The lowest BCUT2D eigenvalue weighted by molar-refractivity contribution is -0.173. The van der Waals surface area contributed by atoms with Crippen LogP contribution in [0.25, 0.3) is 0 Å². The molecule has 3 N–H and O–H groups in total. The molecule has 26 heavy (non-hydrogen) atoms. The molecular weight excluding hydrogens is 353 g/mol. The van der Waals surface area contributed by atoms with E-state index in [0.717, 1.165) is 10.9 Å². The van der Waals surface area contributed by atoms with Crippen LogP contribution < -0.4 is 20.5 Å². The molecule has 7 nitrogen and oxygen atoms in total. The van der Waals surface area contributed by atoms with E-state index in [0.29, 0.717) is 17.1 Å². The molecule has 2 atom stereocenters. The number of ether oxygens (including phenoxy) is 2. The zero-order valence-corrected chi connectivity index (χ0v) is 14.0. The van der Waals surface area contributed by atoms with E-state index >= 15 is 0 Å². The minimum Gasteiger partial charge on any atom is -0.493 e. The third-order valence-electron chi connectivity index (χ3n) is 4.31. The molecule has 1 amide bonds. The maximum Gasteiger partial charge on any atom is 0.410 e. The van der Waals surface area contributed by atoms with Crippen LogP contribution in [-0.2, 0) is 0 Å². The number of aromatic nitrogens is 2. The van der Waals surface area contributed by atoms with Gasteiger partial charge in [0.05, 0.1) is 26.5 Å². The minimum atomic E-state index is -4.54. The number of halogens is 3. The fraction of sp³-hybridized carbons (Fsp3) is 0.375. The normalized spacial score (nSPS) is 19.4. The molecule has 2 aromatic rings. The number of carbonyl (C=O) groups is 1. The van der Waals surface area contributed by atoms with Crippen LogP contribution in [0.4, 0.5) is 19.0 Å². The summed E-state index contributed by atoms with van der Waals surface area (Å²) >= 11 is 0. The molecule has 1 aromatic heterocycles. The van der Waals surface area contributed by atoms with Gasteiger partial charge in [0, 0.05) is 6.42 Å². The molecule has 2 unspecified atom stereocenters. The molecule has 2 heterocycles. The van der Waals surface area contributed by atoms with Crippen molar-refractivity contribution in [2.75, 3.05) is 19.5 Å². The van der Waals surface area contributed by atoms with Crippen LogP contribution in [0.2, 0.25) is 0 Å². The van der Waals surface area contributed by atoms with Gasteiger partial charge in [0.1, 0.15) is 11.4 Å². The van der Waals surface area contributed by atoms with Crippen molar-refractivity contribution in [3.63, 3.8) is 0 Å². The molecule has 0 saturated carbocycles. The van der Waals surface area contributed by atoms with E-state index in [2.05, 4.69) is 10.4 Å². The molecule has 1 aliphatic heterocycles. The van der Waals surface area contributed by atoms with Gasteiger partial charge in [-0.1, -0.05) is 6.07 Å². The molecule has 140 valence electrons. The molecule has 0 spiro atoms. The summed E-state index contributed by atoms with van der Waals surface area (Å²) in [5, 5.41) is 6.64. The minimum absolute atomic E-state index is 0.0501. The van der Waals surface area contributed by atoms with Crippen LogP contribution in [0.1, 0.15) is 34.4 Å². The molecule has 1 aliphatic rings. The van der Waals surface area contributed by atoms with E-state index < -0.39 is 24.2 Å². The standard InChI is InChI=1S/C16H17F3N4O3/c1-25-11-4-3-8(5-12(11)26-2)10-6-13(16(17,18)19)23-15(22-10)9(7-21-23)14(20)24/h3-5,7,10,13,22H,6H2,1-2H3,(H2,20,24). The highest BCUT2D eigenvalue weighted by Crippen LogP contribution is 2.45. The number of carbonyl (C=O) groups excluding carboxylic acids is 1. The second-order valence-electron chi connectivity index (χ2n) is 5.82. The van der Waals surface area contributed by atoms with Crippen molar-refractivity contribution >= 4 is 11.7 Å². The highest BCUT2D eigenvalue weighted by molar-refractivity contribution is 5.97.